The molecule has 0 bridgehead atoms. The summed E-state index contributed by atoms with van der Waals surface area (Å²) in [6.45, 7) is 7.02. The van der Waals surface area contributed by atoms with E-state index in [0.717, 1.165) is 5.56 Å². The third-order valence-corrected chi connectivity index (χ3v) is 4.64. The van der Waals surface area contributed by atoms with Crippen LogP contribution in [0.4, 0.5) is 0 Å². The molecule has 0 saturated heterocycles. The number of esters is 1. The van der Waals surface area contributed by atoms with Crippen LogP contribution in [-0.4, -0.2) is 21.4 Å². The Morgan fingerprint density at radius 1 is 1.10 bits per heavy atom. The minimum atomic E-state index is -0.661. The molecule has 3 aromatic rings. The summed E-state index contributed by atoms with van der Waals surface area (Å²) < 4.78 is 6.62. The molecule has 156 valence electrons. The summed E-state index contributed by atoms with van der Waals surface area (Å²) in [5, 5.41) is 3.25. The molecule has 0 unspecified atom stereocenters. The van der Waals surface area contributed by atoms with Crippen molar-refractivity contribution in [3.05, 3.63) is 75.8 Å². The highest BCUT2D eigenvalue weighted by atomic mass is 16.5. The van der Waals surface area contributed by atoms with Crippen molar-refractivity contribution >= 4 is 22.8 Å². The van der Waals surface area contributed by atoms with Gasteiger partial charge in [-0.25, -0.2) is 4.98 Å². The fourth-order valence-corrected chi connectivity index (χ4v) is 2.85. The molecule has 0 fully saturated rings. The van der Waals surface area contributed by atoms with E-state index in [1.54, 1.807) is 64.1 Å². The first-order chi connectivity index (χ1) is 14.2. The molecule has 0 aliphatic rings. The molecule has 30 heavy (non-hydrogen) atoms. The van der Waals surface area contributed by atoms with Crippen molar-refractivity contribution in [1.82, 2.24) is 14.9 Å². The first kappa shape index (κ1) is 21.2. The van der Waals surface area contributed by atoms with E-state index in [0.29, 0.717) is 22.3 Å². The van der Waals surface area contributed by atoms with Crippen molar-refractivity contribution in [3.8, 4) is 0 Å². The Balaban J connectivity index is 1.82. The van der Waals surface area contributed by atoms with Gasteiger partial charge in [0, 0.05) is 12.1 Å². The first-order valence-corrected chi connectivity index (χ1v) is 9.67. The summed E-state index contributed by atoms with van der Waals surface area (Å²) in [4.78, 5) is 41.7. The highest BCUT2D eigenvalue weighted by molar-refractivity contribution is 5.94. The Labute approximate surface area is 174 Å². The van der Waals surface area contributed by atoms with E-state index in [4.69, 9.17) is 4.74 Å². The van der Waals surface area contributed by atoms with Crippen molar-refractivity contribution in [2.75, 3.05) is 0 Å². The lowest BCUT2D eigenvalue weighted by Gasteiger charge is -2.18. The topological polar surface area (TPSA) is 90.3 Å². The van der Waals surface area contributed by atoms with Crippen LogP contribution in [0.3, 0.4) is 0 Å². The molecule has 1 N–H and O–H groups in total. The van der Waals surface area contributed by atoms with Crippen molar-refractivity contribution in [2.45, 2.75) is 41.0 Å². The second kappa shape index (κ2) is 8.49. The summed E-state index contributed by atoms with van der Waals surface area (Å²) in [5.41, 5.74) is 0.933. The number of hydrogen-bond donors (Lipinski definition) is 1. The van der Waals surface area contributed by atoms with Crippen molar-refractivity contribution in [3.63, 3.8) is 0 Å². The molecule has 0 aliphatic heterocycles. The van der Waals surface area contributed by atoms with Crippen LogP contribution in [0.15, 0.2) is 53.3 Å². The molecule has 3 rings (SSSR count). The van der Waals surface area contributed by atoms with Gasteiger partial charge in [-0.15, -0.1) is 0 Å². The molecule has 1 aromatic heterocycles. The van der Waals surface area contributed by atoms with E-state index in [-0.39, 0.29) is 24.7 Å². The lowest BCUT2D eigenvalue weighted by Crippen LogP contribution is -2.30. The number of nitrogens with one attached hydrogen (secondary N) is 1. The molecule has 1 amide bonds. The molecule has 7 heteroatoms. The van der Waals surface area contributed by atoms with Gasteiger partial charge in [0.05, 0.1) is 16.3 Å². The SMILES string of the molecule is Cc1nc2ccc(CNC(=O)c3ccccc3)cc2c(=O)n1COC(=O)C(C)(C)C. The van der Waals surface area contributed by atoms with Crippen LogP contribution in [0.25, 0.3) is 10.9 Å². The Hall–Kier alpha value is -3.48. The number of amides is 1. The summed E-state index contributed by atoms with van der Waals surface area (Å²) >= 11 is 0. The molecule has 0 atom stereocenters. The maximum absolute atomic E-state index is 13.0. The Morgan fingerprint density at radius 3 is 2.47 bits per heavy atom. The van der Waals surface area contributed by atoms with Gasteiger partial charge < -0.3 is 10.1 Å². The van der Waals surface area contributed by atoms with Gasteiger partial charge in [0.25, 0.3) is 11.5 Å². The second-order valence-electron chi connectivity index (χ2n) is 8.10. The number of fused-ring (bicyclic) bond motifs is 1. The molecule has 0 saturated carbocycles. The van der Waals surface area contributed by atoms with Crippen molar-refractivity contribution in [2.24, 2.45) is 5.41 Å². The highest BCUT2D eigenvalue weighted by Crippen LogP contribution is 2.16. The highest BCUT2D eigenvalue weighted by Gasteiger charge is 2.23. The number of hydrogen-bond acceptors (Lipinski definition) is 5. The normalized spacial score (nSPS) is 11.3. The summed E-state index contributed by atoms with van der Waals surface area (Å²) in [6.07, 6.45) is 0. The van der Waals surface area contributed by atoms with Gasteiger partial charge in [-0.05, 0) is 57.5 Å². The fraction of sp³-hybridized carbons (Fsp3) is 0.304. The average molecular weight is 407 g/mol. The number of carbonyl (C=O) groups is 2. The van der Waals surface area contributed by atoms with Gasteiger partial charge in [-0.3, -0.25) is 19.0 Å². The zero-order valence-corrected chi connectivity index (χ0v) is 17.6. The van der Waals surface area contributed by atoms with E-state index in [2.05, 4.69) is 10.3 Å². The molecular weight excluding hydrogens is 382 g/mol. The predicted molar refractivity (Wildman–Crippen MR) is 114 cm³/mol. The maximum Gasteiger partial charge on any atom is 0.312 e. The number of ether oxygens (including phenoxy) is 1. The smallest absolute Gasteiger partial charge is 0.312 e. The van der Waals surface area contributed by atoms with E-state index in [9.17, 15) is 14.4 Å². The van der Waals surface area contributed by atoms with Gasteiger partial charge in [0.1, 0.15) is 5.82 Å². The third kappa shape index (κ3) is 4.74. The second-order valence-corrected chi connectivity index (χ2v) is 8.10. The van der Waals surface area contributed by atoms with Crippen LogP contribution in [0.5, 0.6) is 0 Å². The number of aromatic nitrogens is 2. The molecule has 0 radical (unpaired) electrons. The summed E-state index contributed by atoms with van der Waals surface area (Å²) in [7, 11) is 0. The van der Waals surface area contributed by atoms with Gasteiger partial charge >= 0.3 is 5.97 Å². The number of rotatable bonds is 5. The van der Waals surface area contributed by atoms with Crippen LogP contribution in [-0.2, 0) is 22.8 Å². The Morgan fingerprint density at radius 2 is 1.80 bits per heavy atom. The van der Waals surface area contributed by atoms with Gasteiger partial charge in [0.2, 0.25) is 0 Å². The zero-order valence-electron chi connectivity index (χ0n) is 17.6. The van der Waals surface area contributed by atoms with Gasteiger partial charge in [-0.2, -0.15) is 0 Å². The van der Waals surface area contributed by atoms with Crippen molar-refractivity contribution < 1.29 is 14.3 Å². The molecule has 0 aliphatic carbocycles. The average Bonchev–Trinajstić information content (AvgIpc) is 2.71. The zero-order chi connectivity index (χ0) is 21.9. The third-order valence-electron chi connectivity index (χ3n) is 4.64. The number of carbonyl (C=O) groups excluding carboxylic acids is 2. The lowest BCUT2D eigenvalue weighted by molar-refractivity contribution is -0.157. The van der Waals surface area contributed by atoms with Crippen LogP contribution in [0.2, 0.25) is 0 Å². The Kier molecular flexibility index (Phi) is 6.01. The van der Waals surface area contributed by atoms with Crippen molar-refractivity contribution in [1.29, 1.82) is 0 Å². The first-order valence-electron chi connectivity index (χ1n) is 9.67. The van der Waals surface area contributed by atoms with E-state index in [1.807, 2.05) is 12.1 Å². The van der Waals surface area contributed by atoms with Gasteiger partial charge in [0.15, 0.2) is 6.73 Å². The maximum atomic E-state index is 13.0. The molecule has 7 nitrogen and oxygen atoms in total. The van der Waals surface area contributed by atoms with Crippen LogP contribution < -0.4 is 10.9 Å². The lowest BCUT2D eigenvalue weighted by atomic mass is 9.98. The van der Waals surface area contributed by atoms with Crippen LogP contribution in [0, 0.1) is 12.3 Å². The summed E-state index contributed by atoms with van der Waals surface area (Å²) in [5.74, 6) is -0.130. The largest absolute Gasteiger partial charge is 0.443 e. The predicted octanol–water partition coefficient (Wildman–Crippen LogP) is 3.18. The van der Waals surface area contributed by atoms with Gasteiger partial charge in [-0.1, -0.05) is 24.3 Å². The van der Waals surface area contributed by atoms with E-state index >= 15 is 0 Å². The standard InChI is InChI=1S/C23H25N3O4/c1-15-25-19-11-10-16(13-24-20(27)17-8-6-5-7-9-17)12-18(19)21(28)26(15)14-30-22(29)23(2,3)4/h5-12H,13-14H2,1-4H3,(H,24,27). The number of nitrogens with zero attached hydrogens (tertiary/aromatic N) is 2. The quantitative estimate of drug-likeness (QED) is 0.656. The van der Waals surface area contributed by atoms with E-state index < -0.39 is 11.4 Å². The fourth-order valence-electron chi connectivity index (χ4n) is 2.85. The number of benzene rings is 2. The number of aryl methyl sites for hydroxylation is 1. The molecule has 2 aromatic carbocycles. The van der Waals surface area contributed by atoms with E-state index in [1.165, 1.54) is 4.57 Å². The minimum absolute atomic E-state index is 0.191. The summed E-state index contributed by atoms with van der Waals surface area (Å²) in [6, 6.07) is 14.2. The minimum Gasteiger partial charge on any atom is -0.443 e. The molecule has 0 spiro atoms. The monoisotopic (exact) mass is 407 g/mol. The molecular formula is C23H25N3O4. The Bertz CT molecular complexity index is 1140. The van der Waals surface area contributed by atoms with Crippen LogP contribution in [0.1, 0.15) is 42.5 Å². The van der Waals surface area contributed by atoms with Crippen LogP contribution >= 0.6 is 0 Å². The molecule has 1 heterocycles.